The van der Waals surface area contributed by atoms with Crippen LogP contribution in [-0.2, 0) is 14.1 Å². The summed E-state index contributed by atoms with van der Waals surface area (Å²) in [6.07, 6.45) is 3.55. The van der Waals surface area contributed by atoms with E-state index in [0.717, 1.165) is 4.57 Å². The zero-order valence-electron chi connectivity index (χ0n) is 10.8. The minimum atomic E-state index is -0.437. The van der Waals surface area contributed by atoms with Crippen molar-refractivity contribution in [3.8, 4) is 23.3 Å². The predicted molar refractivity (Wildman–Crippen MR) is 63.8 cm³/mol. The molecule has 20 heavy (non-hydrogen) atoms. The van der Waals surface area contributed by atoms with Gasteiger partial charge in [-0.1, -0.05) is 11.1 Å². The summed E-state index contributed by atoms with van der Waals surface area (Å²) in [5, 5.41) is 12.0. The molecule has 0 radical (unpaired) electrons. The normalized spacial score (nSPS) is 10.5. The molecule has 0 bridgehead atoms. The summed E-state index contributed by atoms with van der Waals surface area (Å²) in [7, 11) is 2.99. The van der Waals surface area contributed by atoms with Crippen LogP contribution in [0.5, 0.6) is 5.88 Å². The summed E-state index contributed by atoms with van der Waals surface area (Å²) in [6.45, 7) is 0. The Kier molecular flexibility index (Phi) is 3.23. The highest BCUT2D eigenvalue weighted by atomic mass is 19.0. The second-order valence-electron chi connectivity index (χ2n) is 4.18. The molecule has 0 fully saturated rings. The molecule has 0 aromatic carbocycles. The number of fused-ring (bicyclic) bond motifs is 1. The van der Waals surface area contributed by atoms with Crippen LogP contribution in [0.4, 0.5) is 0 Å². The molecular weight excluding hydrogens is 265 g/mol. The number of rotatable bonds is 1. The zero-order valence-corrected chi connectivity index (χ0v) is 10.8. The van der Waals surface area contributed by atoms with E-state index in [1.165, 1.54) is 11.6 Å². The van der Waals surface area contributed by atoms with E-state index < -0.39 is 11.6 Å². The lowest BCUT2D eigenvalue weighted by molar-refractivity contribution is -0.603. The number of imidazole rings is 1. The fourth-order valence-electron chi connectivity index (χ4n) is 1.91. The van der Waals surface area contributed by atoms with Gasteiger partial charge in [0.15, 0.2) is 0 Å². The van der Waals surface area contributed by atoms with Crippen LogP contribution in [-0.4, -0.2) is 19.1 Å². The Morgan fingerprint density at radius 1 is 1.10 bits per heavy atom. The highest BCUT2D eigenvalue weighted by molar-refractivity contribution is 5.58. The second kappa shape index (κ2) is 4.72. The van der Waals surface area contributed by atoms with Crippen molar-refractivity contribution in [2.75, 3.05) is 0 Å². The van der Waals surface area contributed by atoms with Gasteiger partial charge in [0.05, 0.1) is 12.4 Å². The Labute approximate surface area is 113 Å². The smallest absolute Gasteiger partial charge is 0.440 e. The minimum Gasteiger partial charge on any atom is -1.00 e. The molecule has 2 aliphatic rings. The molecule has 0 spiro atoms. The third-order valence-corrected chi connectivity index (χ3v) is 2.97. The lowest BCUT2D eigenvalue weighted by atomic mass is 10.4. The molecule has 0 saturated heterocycles. The van der Waals surface area contributed by atoms with Gasteiger partial charge < -0.3 is 14.4 Å². The largest absolute Gasteiger partial charge is 1.00 e. The lowest BCUT2D eigenvalue weighted by Crippen LogP contribution is -3.00. The Hall–Kier alpha value is -2.77. The molecule has 0 atom stereocenters. The van der Waals surface area contributed by atoms with Crippen LogP contribution in [0.25, 0.3) is 17.5 Å². The van der Waals surface area contributed by atoms with Crippen molar-refractivity contribution in [2.24, 2.45) is 14.1 Å². The molecule has 2 aliphatic heterocycles. The highest BCUT2D eigenvalue weighted by Gasteiger charge is 2.27. The monoisotopic (exact) mass is 276 g/mol. The van der Waals surface area contributed by atoms with Gasteiger partial charge in [-0.25, -0.2) is 9.36 Å². The molecule has 3 rings (SSSR count). The van der Waals surface area contributed by atoms with Gasteiger partial charge in [-0.2, -0.15) is 0 Å². The Morgan fingerprint density at radius 3 is 2.40 bits per heavy atom. The average molecular weight is 276 g/mol. The average Bonchev–Trinajstić information content (AvgIpc) is 2.89. The van der Waals surface area contributed by atoms with Crippen molar-refractivity contribution < 1.29 is 14.4 Å². The Balaban J connectivity index is 0.00000147. The van der Waals surface area contributed by atoms with Gasteiger partial charge in [-0.15, -0.1) is 0 Å². The zero-order chi connectivity index (χ0) is 13.6. The van der Waals surface area contributed by atoms with Crippen LogP contribution in [0.1, 0.15) is 0 Å². The van der Waals surface area contributed by atoms with Crippen molar-refractivity contribution in [1.29, 1.82) is 0 Å². The van der Waals surface area contributed by atoms with Crippen molar-refractivity contribution in [3.63, 3.8) is 0 Å². The molecule has 0 aliphatic carbocycles. The standard InChI is InChI=1S/C12H11N5O2.FH/c1-15-9-8(10(18)16(2)12(15)19)13-11(14-9)17-6-4-3-5-7-17;/h3-7H,1-2H3;1H/p-1. The minimum absolute atomic E-state index is 0. The molecular formula is C12H11FN5O2-. The van der Waals surface area contributed by atoms with Crippen molar-refractivity contribution >= 4 is 0 Å². The molecule has 0 N–H and O–H groups in total. The fourth-order valence-corrected chi connectivity index (χ4v) is 1.91. The van der Waals surface area contributed by atoms with E-state index in [0.29, 0.717) is 11.8 Å². The third-order valence-electron chi connectivity index (χ3n) is 2.97. The number of aromatic nitrogens is 5. The third kappa shape index (κ3) is 1.81. The maximum Gasteiger partial charge on any atom is 0.440 e. The number of halogens is 1. The van der Waals surface area contributed by atoms with Crippen LogP contribution in [0, 0.1) is 0 Å². The van der Waals surface area contributed by atoms with Crippen LogP contribution in [0.3, 0.4) is 0 Å². The summed E-state index contributed by atoms with van der Waals surface area (Å²) >= 11 is 0. The molecule has 104 valence electrons. The Bertz CT molecular complexity index is 781. The van der Waals surface area contributed by atoms with Gasteiger partial charge in [-0.05, 0) is 17.1 Å². The van der Waals surface area contributed by atoms with E-state index >= 15 is 0 Å². The van der Waals surface area contributed by atoms with E-state index in [9.17, 15) is 9.90 Å². The van der Waals surface area contributed by atoms with Crippen LogP contribution < -0.4 is 20.1 Å². The molecule has 3 heterocycles. The van der Waals surface area contributed by atoms with E-state index in [-0.39, 0.29) is 10.4 Å². The maximum absolute atomic E-state index is 12.0. The van der Waals surface area contributed by atoms with Gasteiger partial charge in [0.2, 0.25) is 5.69 Å². The topological polar surface area (TPSA) is 79.7 Å². The lowest BCUT2D eigenvalue weighted by Gasteiger charge is -2.14. The first kappa shape index (κ1) is 13.7. The quantitative estimate of drug-likeness (QED) is 0.424. The van der Waals surface area contributed by atoms with Gasteiger partial charge in [0.25, 0.3) is 5.82 Å². The maximum atomic E-state index is 12.0. The molecule has 8 heteroatoms. The summed E-state index contributed by atoms with van der Waals surface area (Å²) in [4.78, 5) is 20.3. The fraction of sp³-hybridized carbons (Fsp3) is 0.167. The van der Waals surface area contributed by atoms with Gasteiger partial charge >= 0.3 is 11.6 Å². The van der Waals surface area contributed by atoms with Crippen molar-refractivity contribution in [2.45, 2.75) is 0 Å². The van der Waals surface area contributed by atoms with Crippen LogP contribution in [0.2, 0.25) is 0 Å². The Morgan fingerprint density at radius 2 is 1.75 bits per heavy atom. The molecule has 0 saturated carbocycles. The van der Waals surface area contributed by atoms with Gasteiger partial charge in [0.1, 0.15) is 0 Å². The number of pyridine rings is 1. The number of hydrogen-bond donors (Lipinski definition) is 0. The van der Waals surface area contributed by atoms with Crippen LogP contribution >= 0.6 is 0 Å². The summed E-state index contributed by atoms with van der Waals surface area (Å²) in [5.74, 6) is 0.224. The molecule has 1 aromatic rings. The first-order valence-corrected chi connectivity index (χ1v) is 5.66. The van der Waals surface area contributed by atoms with E-state index in [1.807, 2.05) is 18.2 Å². The number of hydrogen-bond acceptors (Lipinski definition) is 4. The predicted octanol–water partition coefficient (Wildman–Crippen LogP) is -4.03. The van der Waals surface area contributed by atoms with Crippen molar-refractivity contribution in [3.05, 3.63) is 41.1 Å². The molecule has 1 aromatic heterocycles. The first-order chi connectivity index (χ1) is 9.09. The van der Waals surface area contributed by atoms with E-state index in [2.05, 4.69) is 9.97 Å². The second-order valence-corrected chi connectivity index (χ2v) is 4.18. The summed E-state index contributed by atoms with van der Waals surface area (Å²) in [6, 6.07) is 5.53. The number of nitrogens with zero attached hydrogens (tertiary/aromatic N) is 5. The van der Waals surface area contributed by atoms with Gasteiger partial charge in [0, 0.05) is 20.0 Å². The molecule has 0 amide bonds. The summed E-state index contributed by atoms with van der Waals surface area (Å²) in [5.41, 5.74) is -0.224. The highest BCUT2D eigenvalue weighted by Crippen LogP contribution is 2.23. The van der Waals surface area contributed by atoms with E-state index in [1.54, 1.807) is 24.0 Å². The SMILES string of the molecule is Cn1c2nc(-[n+]3ccccc3)nc-2c([O-])n(C)c1=O.[F-]. The summed E-state index contributed by atoms with van der Waals surface area (Å²) < 4.78 is 4.02. The van der Waals surface area contributed by atoms with Crippen LogP contribution in [0.15, 0.2) is 35.4 Å². The van der Waals surface area contributed by atoms with Crippen molar-refractivity contribution in [1.82, 2.24) is 19.1 Å². The first-order valence-electron chi connectivity index (χ1n) is 5.66. The molecule has 0 unspecified atom stereocenters. The van der Waals surface area contributed by atoms with E-state index in [4.69, 9.17) is 0 Å². The van der Waals surface area contributed by atoms with Gasteiger partial charge in [-0.3, -0.25) is 4.57 Å². The molecule has 7 nitrogen and oxygen atoms in total.